The summed E-state index contributed by atoms with van der Waals surface area (Å²) in [6.45, 7) is 10.4. The van der Waals surface area contributed by atoms with Gasteiger partial charge in [0.15, 0.2) is 0 Å². The van der Waals surface area contributed by atoms with Crippen molar-refractivity contribution in [2.75, 3.05) is 0 Å². The maximum Gasteiger partial charge on any atom is -0.0278 e. The Morgan fingerprint density at radius 1 is 1.54 bits per heavy atom. The summed E-state index contributed by atoms with van der Waals surface area (Å²) in [6, 6.07) is 0. The number of hydrogen-bond acceptors (Lipinski definition) is 0. The van der Waals surface area contributed by atoms with Gasteiger partial charge in [0, 0.05) is 0 Å². The van der Waals surface area contributed by atoms with Crippen molar-refractivity contribution in [1.82, 2.24) is 0 Å². The standard InChI is InChI=1S/C12H21P/c1-5-10-13-12(7-3)9-8-11(4)6-2/h5,7,9-11,13H,3,6,8H2,1-2,4H3. The highest BCUT2D eigenvalue weighted by Crippen LogP contribution is 2.26. The van der Waals surface area contributed by atoms with Crippen molar-refractivity contribution in [3.05, 3.63) is 35.9 Å². The van der Waals surface area contributed by atoms with Gasteiger partial charge in [0.25, 0.3) is 0 Å². The molecule has 0 spiro atoms. The highest BCUT2D eigenvalue weighted by Gasteiger charge is 1.95. The van der Waals surface area contributed by atoms with E-state index in [9.17, 15) is 0 Å². The summed E-state index contributed by atoms with van der Waals surface area (Å²) in [6.07, 6.45) is 8.83. The topological polar surface area (TPSA) is 0 Å². The van der Waals surface area contributed by atoms with Crippen LogP contribution in [0.25, 0.3) is 0 Å². The molecule has 0 aliphatic rings. The van der Waals surface area contributed by atoms with Gasteiger partial charge in [0.05, 0.1) is 0 Å². The van der Waals surface area contributed by atoms with E-state index in [1.807, 2.05) is 6.08 Å². The third-order valence-electron chi connectivity index (χ3n) is 2.07. The fraction of sp³-hybridized carbons (Fsp3) is 0.500. The molecular formula is C12H21P. The molecule has 0 saturated heterocycles. The van der Waals surface area contributed by atoms with Crippen LogP contribution in [0, 0.1) is 5.92 Å². The highest BCUT2D eigenvalue weighted by atomic mass is 31.1. The number of rotatable bonds is 6. The Morgan fingerprint density at radius 3 is 2.69 bits per heavy atom. The molecule has 0 heterocycles. The van der Waals surface area contributed by atoms with Crippen LogP contribution in [-0.4, -0.2) is 0 Å². The molecule has 0 N–H and O–H groups in total. The van der Waals surface area contributed by atoms with Crippen molar-refractivity contribution in [2.24, 2.45) is 5.92 Å². The minimum absolute atomic E-state index is 0.787. The third-order valence-corrected chi connectivity index (χ3v) is 3.32. The first-order valence-electron chi connectivity index (χ1n) is 4.94. The minimum atomic E-state index is 0.787. The monoisotopic (exact) mass is 196 g/mol. The zero-order chi connectivity index (χ0) is 10.1. The van der Waals surface area contributed by atoms with E-state index in [0.29, 0.717) is 0 Å². The molecule has 0 nitrogen and oxygen atoms in total. The average Bonchev–Trinajstić information content (AvgIpc) is 2.17. The second-order valence-corrected chi connectivity index (χ2v) is 4.46. The van der Waals surface area contributed by atoms with Crippen LogP contribution in [0.3, 0.4) is 0 Å². The van der Waals surface area contributed by atoms with E-state index in [1.54, 1.807) is 0 Å². The quantitative estimate of drug-likeness (QED) is 0.426. The van der Waals surface area contributed by atoms with E-state index >= 15 is 0 Å². The second-order valence-electron chi connectivity index (χ2n) is 3.26. The van der Waals surface area contributed by atoms with E-state index in [4.69, 9.17) is 0 Å². The average molecular weight is 196 g/mol. The van der Waals surface area contributed by atoms with Crippen LogP contribution in [0.1, 0.15) is 33.6 Å². The lowest BCUT2D eigenvalue weighted by atomic mass is 10.1. The van der Waals surface area contributed by atoms with Crippen LogP contribution in [0.4, 0.5) is 0 Å². The Kier molecular flexibility index (Phi) is 8.04. The summed E-state index contributed by atoms with van der Waals surface area (Å²) in [7, 11) is 0.787. The fourth-order valence-electron chi connectivity index (χ4n) is 0.876. The van der Waals surface area contributed by atoms with E-state index < -0.39 is 0 Å². The molecule has 0 bridgehead atoms. The molecule has 0 saturated carbocycles. The third kappa shape index (κ3) is 6.78. The fourth-order valence-corrected chi connectivity index (χ4v) is 1.59. The molecule has 0 radical (unpaired) electrons. The molecule has 0 aliphatic heterocycles. The molecule has 0 rings (SSSR count). The van der Waals surface area contributed by atoms with Gasteiger partial charge in [0.2, 0.25) is 0 Å². The van der Waals surface area contributed by atoms with Crippen LogP contribution in [0.15, 0.2) is 35.9 Å². The minimum Gasteiger partial charge on any atom is -0.0984 e. The zero-order valence-corrected chi connectivity index (χ0v) is 10.0. The number of allylic oxidation sites excluding steroid dienone is 4. The van der Waals surface area contributed by atoms with E-state index in [-0.39, 0.29) is 0 Å². The van der Waals surface area contributed by atoms with Crippen molar-refractivity contribution >= 4 is 8.58 Å². The van der Waals surface area contributed by atoms with E-state index in [2.05, 4.69) is 45.3 Å². The Labute approximate surface area is 84.6 Å². The van der Waals surface area contributed by atoms with Crippen molar-refractivity contribution in [1.29, 1.82) is 0 Å². The van der Waals surface area contributed by atoms with Gasteiger partial charge in [-0.15, -0.1) is 0 Å². The molecule has 0 aliphatic carbocycles. The van der Waals surface area contributed by atoms with Gasteiger partial charge < -0.3 is 0 Å². The lowest BCUT2D eigenvalue weighted by Crippen LogP contribution is -1.88. The predicted octanol–water partition coefficient (Wildman–Crippen LogP) is 4.70. The number of hydrogen-bond donors (Lipinski definition) is 0. The van der Waals surface area contributed by atoms with Crippen LogP contribution < -0.4 is 0 Å². The molecule has 0 amide bonds. The second kappa shape index (κ2) is 8.26. The Balaban J connectivity index is 3.98. The van der Waals surface area contributed by atoms with Gasteiger partial charge in [-0.25, -0.2) is 0 Å². The van der Waals surface area contributed by atoms with Gasteiger partial charge >= 0.3 is 0 Å². The summed E-state index contributed by atoms with van der Waals surface area (Å²) in [5.74, 6) is 3.00. The van der Waals surface area contributed by atoms with Crippen molar-refractivity contribution < 1.29 is 0 Å². The normalized spacial score (nSPS) is 15.8. The first-order chi connectivity index (χ1) is 6.24. The summed E-state index contributed by atoms with van der Waals surface area (Å²) in [5, 5.41) is 1.37. The van der Waals surface area contributed by atoms with Gasteiger partial charge in [-0.05, 0) is 24.6 Å². The molecular weight excluding hydrogens is 175 g/mol. The van der Waals surface area contributed by atoms with Crippen LogP contribution in [-0.2, 0) is 0 Å². The lowest BCUT2D eigenvalue weighted by Gasteiger charge is -2.04. The molecule has 0 aromatic carbocycles. The Morgan fingerprint density at radius 2 is 2.23 bits per heavy atom. The maximum absolute atomic E-state index is 3.82. The van der Waals surface area contributed by atoms with Crippen LogP contribution in [0.2, 0.25) is 0 Å². The van der Waals surface area contributed by atoms with Gasteiger partial charge in [-0.2, -0.15) is 0 Å². The summed E-state index contributed by atoms with van der Waals surface area (Å²) in [5.41, 5.74) is 0. The van der Waals surface area contributed by atoms with Gasteiger partial charge in [0.1, 0.15) is 0 Å². The predicted molar refractivity (Wildman–Crippen MR) is 65.5 cm³/mol. The van der Waals surface area contributed by atoms with E-state index in [1.165, 1.54) is 18.2 Å². The maximum atomic E-state index is 3.82. The largest absolute Gasteiger partial charge is 0.0984 e. The van der Waals surface area contributed by atoms with Gasteiger partial charge in [-0.1, -0.05) is 59.5 Å². The van der Waals surface area contributed by atoms with Gasteiger partial charge in [-0.3, -0.25) is 0 Å². The molecule has 74 valence electrons. The summed E-state index contributed by atoms with van der Waals surface area (Å²) >= 11 is 0. The first kappa shape index (κ1) is 12.7. The molecule has 1 heteroatoms. The SMILES string of the molecule is C=CC(=CCC(C)CC)PC=CC. The Bertz CT molecular complexity index is 189. The Hall–Kier alpha value is -0.350. The molecule has 0 aromatic rings. The van der Waals surface area contributed by atoms with Crippen molar-refractivity contribution in [3.63, 3.8) is 0 Å². The molecule has 2 unspecified atom stereocenters. The van der Waals surface area contributed by atoms with Crippen molar-refractivity contribution in [3.8, 4) is 0 Å². The lowest BCUT2D eigenvalue weighted by molar-refractivity contribution is 0.572. The van der Waals surface area contributed by atoms with Crippen LogP contribution >= 0.6 is 8.58 Å². The zero-order valence-electron chi connectivity index (χ0n) is 9.01. The van der Waals surface area contributed by atoms with E-state index in [0.717, 1.165) is 14.5 Å². The first-order valence-corrected chi connectivity index (χ1v) is 6.02. The molecule has 0 fully saturated rings. The summed E-state index contributed by atoms with van der Waals surface area (Å²) < 4.78 is 0. The van der Waals surface area contributed by atoms with Crippen LogP contribution in [0.5, 0.6) is 0 Å². The highest BCUT2D eigenvalue weighted by molar-refractivity contribution is 7.46. The smallest absolute Gasteiger partial charge is 0.0278 e. The summed E-state index contributed by atoms with van der Waals surface area (Å²) in [4.78, 5) is 0. The molecule has 13 heavy (non-hydrogen) atoms. The molecule has 0 aromatic heterocycles. The van der Waals surface area contributed by atoms with Crippen molar-refractivity contribution in [2.45, 2.75) is 33.6 Å². The molecule has 2 atom stereocenters.